The van der Waals surface area contributed by atoms with Crippen LogP contribution in [0.1, 0.15) is 68.3 Å². The third-order valence-corrected chi connectivity index (χ3v) is 7.30. The summed E-state index contributed by atoms with van der Waals surface area (Å²) in [4.78, 5) is 19.2. The summed E-state index contributed by atoms with van der Waals surface area (Å²) in [6, 6.07) is 11.2. The van der Waals surface area contributed by atoms with Gasteiger partial charge in [0.25, 0.3) is 5.92 Å². The maximum Gasteiger partial charge on any atom is 0.275 e. The fourth-order valence-electron chi connectivity index (χ4n) is 5.03. The highest BCUT2D eigenvalue weighted by Gasteiger charge is 2.47. The zero-order chi connectivity index (χ0) is 26.1. The van der Waals surface area contributed by atoms with Gasteiger partial charge in [-0.05, 0) is 54.7 Å². The maximum absolute atomic E-state index is 14.8. The van der Waals surface area contributed by atoms with Crippen LogP contribution >= 0.6 is 0 Å². The van der Waals surface area contributed by atoms with Crippen molar-refractivity contribution in [1.29, 1.82) is 0 Å². The molecule has 0 fully saturated rings. The molecule has 2 aromatic rings. The van der Waals surface area contributed by atoms with Crippen LogP contribution in [0.3, 0.4) is 0 Å². The van der Waals surface area contributed by atoms with Crippen LogP contribution in [0.25, 0.3) is 5.70 Å². The van der Waals surface area contributed by atoms with Crippen LogP contribution in [0.4, 0.5) is 8.78 Å². The molecule has 8 heteroatoms. The van der Waals surface area contributed by atoms with Crippen molar-refractivity contribution in [3.05, 3.63) is 71.3 Å². The number of guanidine groups is 1. The molecule has 1 aliphatic carbocycles. The SMILES string of the molecule is C=C(NC1c2ccccc2CC1(F)F)c1ccc(OCC)c(CN2C(=O)CC(CC)(CC)N=C2N)c1. The van der Waals surface area contributed by atoms with E-state index in [1.54, 1.807) is 42.5 Å². The Morgan fingerprint density at radius 1 is 1.19 bits per heavy atom. The Balaban J connectivity index is 1.61. The van der Waals surface area contributed by atoms with E-state index < -0.39 is 17.5 Å². The number of hydrogen-bond acceptors (Lipinski definition) is 5. The van der Waals surface area contributed by atoms with Crippen molar-refractivity contribution in [3.63, 3.8) is 0 Å². The molecule has 0 saturated heterocycles. The molecule has 6 nitrogen and oxygen atoms in total. The minimum Gasteiger partial charge on any atom is -0.494 e. The average molecular weight is 497 g/mol. The molecule has 4 rings (SSSR count). The molecule has 0 spiro atoms. The molecule has 0 bridgehead atoms. The Morgan fingerprint density at radius 3 is 2.58 bits per heavy atom. The van der Waals surface area contributed by atoms with Crippen molar-refractivity contribution in [2.45, 2.75) is 70.5 Å². The smallest absolute Gasteiger partial charge is 0.275 e. The second kappa shape index (κ2) is 9.91. The Morgan fingerprint density at radius 2 is 1.92 bits per heavy atom. The van der Waals surface area contributed by atoms with Crippen LogP contribution in [-0.2, 0) is 17.8 Å². The molecule has 1 unspecified atom stereocenters. The number of nitrogens with two attached hydrogens (primary N) is 1. The number of rotatable bonds is 9. The Kier molecular flexibility index (Phi) is 7.07. The average Bonchev–Trinajstić information content (AvgIpc) is 3.11. The fraction of sp³-hybridized carbons (Fsp3) is 0.429. The van der Waals surface area contributed by atoms with Crippen molar-refractivity contribution in [1.82, 2.24) is 10.2 Å². The minimum atomic E-state index is -2.93. The van der Waals surface area contributed by atoms with Gasteiger partial charge in [0.15, 0.2) is 5.96 Å². The summed E-state index contributed by atoms with van der Waals surface area (Å²) in [7, 11) is 0. The van der Waals surface area contributed by atoms with Gasteiger partial charge in [0.2, 0.25) is 5.91 Å². The summed E-state index contributed by atoms with van der Waals surface area (Å²) in [5.74, 6) is -2.26. The lowest BCUT2D eigenvalue weighted by Crippen LogP contribution is -2.50. The van der Waals surface area contributed by atoms with Gasteiger partial charge in [0, 0.05) is 17.7 Å². The first-order valence-electron chi connectivity index (χ1n) is 12.5. The third kappa shape index (κ3) is 4.81. The number of fused-ring (bicyclic) bond motifs is 1. The summed E-state index contributed by atoms with van der Waals surface area (Å²) in [5.41, 5.74) is 8.68. The Bertz CT molecular complexity index is 1190. The van der Waals surface area contributed by atoms with Crippen LogP contribution in [0.15, 0.2) is 54.0 Å². The molecule has 0 radical (unpaired) electrons. The van der Waals surface area contributed by atoms with Gasteiger partial charge in [-0.2, -0.15) is 0 Å². The van der Waals surface area contributed by atoms with Crippen molar-refractivity contribution in [3.8, 4) is 5.75 Å². The summed E-state index contributed by atoms with van der Waals surface area (Å²) in [6.07, 6.45) is 1.43. The van der Waals surface area contributed by atoms with E-state index in [0.29, 0.717) is 40.3 Å². The predicted molar refractivity (Wildman–Crippen MR) is 138 cm³/mol. The van der Waals surface area contributed by atoms with E-state index in [4.69, 9.17) is 10.5 Å². The number of hydrogen-bond donors (Lipinski definition) is 2. The van der Waals surface area contributed by atoms with Crippen LogP contribution < -0.4 is 15.8 Å². The number of alkyl halides is 2. The number of amides is 1. The van der Waals surface area contributed by atoms with Crippen molar-refractivity contribution < 1.29 is 18.3 Å². The first-order chi connectivity index (χ1) is 17.1. The first-order valence-corrected chi connectivity index (χ1v) is 12.5. The van der Waals surface area contributed by atoms with E-state index in [9.17, 15) is 13.6 Å². The van der Waals surface area contributed by atoms with E-state index in [2.05, 4.69) is 16.9 Å². The number of aliphatic imine (C=N–C) groups is 1. The second-order valence-electron chi connectivity index (χ2n) is 9.51. The van der Waals surface area contributed by atoms with Gasteiger partial charge < -0.3 is 15.8 Å². The van der Waals surface area contributed by atoms with Crippen molar-refractivity contribution in [2.24, 2.45) is 10.7 Å². The van der Waals surface area contributed by atoms with Crippen molar-refractivity contribution >= 4 is 17.6 Å². The highest BCUT2D eigenvalue weighted by Crippen LogP contribution is 2.44. The highest BCUT2D eigenvalue weighted by molar-refractivity contribution is 5.99. The lowest BCUT2D eigenvalue weighted by atomic mass is 9.88. The predicted octanol–water partition coefficient (Wildman–Crippen LogP) is 5.18. The van der Waals surface area contributed by atoms with Crippen LogP contribution in [-0.4, -0.2) is 34.8 Å². The molecular formula is C28H34F2N4O2. The summed E-state index contributed by atoms with van der Waals surface area (Å²) in [5, 5.41) is 2.95. The standard InChI is InChI=1S/C28H34F2N4O2/c1-5-27(6-2)16-24(35)34(26(31)33-27)17-21-14-19(12-13-23(21)36-7-3)18(4)32-25-22-11-9-8-10-20(22)15-28(25,29)30/h8-14,25,32H,4-7,15-17H2,1-3H3,(H2,31,33). The third-order valence-electron chi connectivity index (χ3n) is 7.30. The molecule has 2 aromatic carbocycles. The molecule has 36 heavy (non-hydrogen) atoms. The number of halogens is 2. The number of carbonyl (C=O) groups is 1. The largest absolute Gasteiger partial charge is 0.494 e. The van der Waals surface area contributed by atoms with Gasteiger partial charge in [0.05, 0.1) is 25.1 Å². The number of ether oxygens (including phenoxy) is 1. The maximum atomic E-state index is 14.8. The Labute approximate surface area is 211 Å². The van der Waals surface area contributed by atoms with Gasteiger partial charge in [-0.15, -0.1) is 0 Å². The summed E-state index contributed by atoms with van der Waals surface area (Å²) < 4.78 is 35.5. The summed E-state index contributed by atoms with van der Waals surface area (Å²) >= 11 is 0. The zero-order valence-electron chi connectivity index (χ0n) is 21.1. The molecule has 2 aliphatic rings. The fourth-order valence-corrected chi connectivity index (χ4v) is 5.03. The molecule has 1 aliphatic heterocycles. The molecule has 1 heterocycles. The van der Waals surface area contributed by atoms with Crippen LogP contribution in [0.5, 0.6) is 5.75 Å². The number of carbonyl (C=O) groups excluding carboxylic acids is 1. The lowest BCUT2D eigenvalue weighted by molar-refractivity contribution is -0.130. The summed E-state index contributed by atoms with van der Waals surface area (Å²) in [6.45, 7) is 10.5. The van der Waals surface area contributed by atoms with E-state index in [-0.39, 0.29) is 31.3 Å². The highest BCUT2D eigenvalue weighted by atomic mass is 19.3. The monoisotopic (exact) mass is 496 g/mol. The van der Waals surface area contributed by atoms with E-state index in [1.165, 1.54) is 4.90 Å². The second-order valence-corrected chi connectivity index (χ2v) is 9.51. The van der Waals surface area contributed by atoms with E-state index >= 15 is 0 Å². The molecule has 3 N–H and O–H groups in total. The molecular weight excluding hydrogens is 462 g/mol. The quantitative estimate of drug-likeness (QED) is 0.501. The molecule has 0 saturated carbocycles. The van der Waals surface area contributed by atoms with Crippen LogP contribution in [0, 0.1) is 0 Å². The lowest BCUT2D eigenvalue weighted by Gasteiger charge is -2.36. The van der Waals surface area contributed by atoms with Crippen LogP contribution in [0.2, 0.25) is 0 Å². The zero-order valence-corrected chi connectivity index (χ0v) is 21.1. The number of nitrogens with one attached hydrogen (secondary N) is 1. The normalized spacial score (nSPS) is 20.0. The van der Waals surface area contributed by atoms with Gasteiger partial charge in [-0.25, -0.2) is 13.8 Å². The van der Waals surface area contributed by atoms with Gasteiger partial charge in [-0.3, -0.25) is 9.69 Å². The number of nitrogens with zero attached hydrogens (tertiary/aromatic N) is 2. The van der Waals surface area contributed by atoms with Gasteiger partial charge in [0.1, 0.15) is 11.8 Å². The first kappa shape index (κ1) is 25.7. The molecule has 1 atom stereocenters. The molecule has 1 amide bonds. The topological polar surface area (TPSA) is 80.0 Å². The van der Waals surface area contributed by atoms with E-state index in [1.807, 2.05) is 20.8 Å². The molecule has 192 valence electrons. The van der Waals surface area contributed by atoms with Gasteiger partial charge >= 0.3 is 0 Å². The van der Waals surface area contributed by atoms with Gasteiger partial charge in [-0.1, -0.05) is 44.7 Å². The van der Waals surface area contributed by atoms with E-state index in [0.717, 1.165) is 12.8 Å². The number of benzene rings is 2. The minimum absolute atomic E-state index is 0.0989. The van der Waals surface area contributed by atoms with Crippen molar-refractivity contribution in [2.75, 3.05) is 6.61 Å². The molecule has 0 aromatic heterocycles. The Hall–Kier alpha value is -3.42.